The van der Waals surface area contributed by atoms with Crippen LogP contribution in [-0.2, 0) is 4.74 Å². The molecule has 0 aliphatic carbocycles. The largest absolute Gasteiger partial charge is 0.387 e. The van der Waals surface area contributed by atoms with E-state index in [-0.39, 0.29) is 0 Å². The average molecular weight is 173 g/mol. The predicted molar refractivity (Wildman–Crippen MR) is 47.8 cm³/mol. The Balaban J connectivity index is 2.48. The zero-order chi connectivity index (χ0) is 9.03. The summed E-state index contributed by atoms with van der Waals surface area (Å²) in [6.07, 6.45) is 2.80. The molecule has 12 heavy (non-hydrogen) atoms. The first-order chi connectivity index (χ1) is 5.73. The van der Waals surface area contributed by atoms with E-state index in [4.69, 9.17) is 10.5 Å². The Morgan fingerprint density at radius 1 is 1.67 bits per heavy atom. The van der Waals surface area contributed by atoms with Crippen molar-refractivity contribution in [2.24, 2.45) is 11.7 Å². The lowest BCUT2D eigenvalue weighted by molar-refractivity contribution is -0.00657. The Bertz CT molecular complexity index is 140. The number of rotatable bonds is 4. The molecule has 0 aromatic rings. The highest BCUT2D eigenvalue weighted by atomic mass is 16.5. The van der Waals surface area contributed by atoms with Gasteiger partial charge in [0.25, 0.3) is 0 Å². The molecule has 1 aliphatic heterocycles. The quantitative estimate of drug-likeness (QED) is 0.651. The summed E-state index contributed by atoms with van der Waals surface area (Å²) in [5.41, 5.74) is 4.80. The van der Waals surface area contributed by atoms with Gasteiger partial charge in [-0.1, -0.05) is 13.3 Å². The van der Waals surface area contributed by atoms with E-state index in [0.717, 1.165) is 12.8 Å². The molecule has 1 fully saturated rings. The lowest BCUT2D eigenvalue weighted by Crippen LogP contribution is -2.39. The molecule has 0 radical (unpaired) electrons. The van der Waals surface area contributed by atoms with Gasteiger partial charge in [-0.15, -0.1) is 0 Å². The van der Waals surface area contributed by atoms with Crippen LogP contribution in [0.1, 0.15) is 26.2 Å². The minimum absolute atomic E-state index is 0.297. The standard InChI is InChI=1S/C9H19NO2/c1-2-3-8-6-12-7-9(8,11)4-5-10/h8,11H,2-7,10H2,1H3. The van der Waals surface area contributed by atoms with Gasteiger partial charge >= 0.3 is 0 Å². The van der Waals surface area contributed by atoms with Crippen molar-refractivity contribution >= 4 is 0 Å². The molecule has 2 atom stereocenters. The van der Waals surface area contributed by atoms with E-state index in [1.807, 2.05) is 0 Å². The predicted octanol–water partition coefficient (Wildman–Crippen LogP) is 0.513. The Labute approximate surface area is 73.9 Å². The third-order valence-corrected chi connectivity index (χ3v) is 2.65. The van der Waals surface area contributed by atoms with Gasteiger partial charge in [-0.2, -0.15) is 0 Å². The molecule has 1 aliphatic rings. The zero-order valence-corrected chi connectivity index (χ0v) is 7.75. The average Bonchev–Trinajstić information content (AvgIpc) is 2.35. The van der Waals surface area contributed by atoms with Crippen LogP contribution in [0, 0.1) is 5.92 Å². The summed E-state index contributed by atoms with van der Waals surface area (Å²) >= 11 is 0. The van der Waals surface area contributed by atoms with Gasteiger partial charge in [0.2, 0.25) is 0 Å². The molecule has 2 unspecified atom stereocenters. The van der Waals surface area contributed by atoms with E-state index in [1.165, 1.54) is 0 Å². The third-order valence-electron chi connectivity index (χ3n) is 2.65. The summed E-state index contributed by atoms with van der Waals surface area (Å²) in [7, 11) is 0. The monoisotopic (exact) mass is 173 g/mol. The fourth-order valence-electron chi connectivity index (χ4n) is 1.88. The fraction of sp³-hybridized carbons (Fsp3) is 1.00. The van der Waals surface area contributed by atoms with Gasteiger partial charge < -0.3 is 15.6 Å². The van der Waals surface area contributed by atoms with E-state index in [1.54, 1.807) is 0 Å². The molecule has 3 nitrogen and oxygen atoms in total. The summed E-state index contributed by atoms with van der Waals surface area (Å²) in [5, 5.41) is 10.1. The number of hydrogen-bond acceptors (Lipinski definition) is 3. The Morgan fingerprint density at radius 2 is 2.42 bits per heavy atom. The first kappa shape index (κ1) is 9.96. The molecule has 0 amide bonds. The van der Waals surface area contributed by atoms with Gasteiger partial charge in [0.1, 0.15) is 0 Å². The number of hydrogen-bond donors (Lipinski definition) is 2. The Kier molecular flexibility index (Phi) is 3.50. The van der Waals surface area contributed by atoms with Crippen molar-refractivity contribution in [3.8, 4) is 0 Å². The second-order valence-electron chi connectivity index (χ2n) is 3.64. The Morgan fingerprint density at radius 3 is 3.00 bits per heavy atom. The van der Waals surface area contributed by atoms with Crippen LogP contribution in [0.5, 0.6) is 0 Å². The van der Waals surface area contributed by atoms with Crippen LogP contribution < -0.4 is 5.73 Å². The fourth-order valence-corrected chi connectivity index (χ4v) is 1.88. The number of ether oxygens (including phenoxy) is 1. The molecule has 0 aromatic heterocycles. The normalized spacial score (nSPS) is 35.8. The van der Waals surface area contributed by atoms with Crippen LogP contribution >= 0.6 is 0 Å². The van der Waals surface area contributed by atoms with Crippen molar-refractivity contribution in [2.75, 3.05) is 19.8 Å². The van der Waals surface area contributed by atoms with E-state index in [0.29, 0.717) is 32.1 Å². The molecule has 0 aromatic carbocycles. The number of nitrogens with two attached hydrogens (primary N) is 1. The first-order valence-corrected chi connectivity index (χ1v) is 4.73. The van der Waals surface area contributed by atoms with Crippen LogP contribution in [-0.4, -0.2) is 30.5 Å². The second kappa shape index (κ2) is 4.21. The summed E-state index contributed by atoms with van der Waals surface area (Å²) in [6.45, 7) is 3.83. The van der Waals surface area contributed by atoms with Crippen molar-refractivity contribution in [3.05, 3.63) is 0 Å². The van der Waals surface area contributed by atoms with E-state index < -0.39 is 5.60 Å². The maximum absolute atomic E-state index is 10.1. The van der Waals surface area contributed by atoms with Gasteiger partial charge in [-0.25, -0.2) is 0 Å². The minimum atomic E-state index is -0.634. The van der Waals surface area contributed by atoms with E-state index in [2.05, 4.69) is 6.92 Å². The SMILES string of the molecule is CCCC1COCC1(O)CCN. The lowest BCUT2D eigenvalue weighted by Gasteiger charge is -2.27. The molecule has 1 rings (SSSR count). The van der Waals surface area contributed by atoms with Gasteiger partial charge in [-0.05, 0) is 19.4 Å². The van der Waals surface area contributed by atoms with Gasteiger partial charge in [0.15, 0.2) is 0 Å². The topological polar surface area (TPSA) is 55.5 Å². The summed E-state index contributed by atoms with van der Waals surface area (Å²) in [4.78, 5) is 0. The second-order valence-corrected chi connectivity index (χ2v) is 3.64. The molecule has 72 valence electrons. The molecule has 0 saturated carbocycles. The van der Waals surface area contributed by atoms with Crippen molar-refractivity contribution in [3.63, 3.8) is 0 Å². The highest BCUT2D eigenvalue weighted by Crippen LogP contribution is 2.31. The summed E-state index contributed by atoms with van der Waals surface area (Å²) < 4.78 is 5.27. The smallest absolute Gasteiger partial charge is 0.0941 e. The molecular formula is C9H19NO2. The zero-order valence-electron chi connectivity index (χ0n) is 7.75. The van der Waals surface area contributed by atoms with E-state index >= 15 is 0 Å². The van der Waals surface area contributed by atoms with Gasteiger partial charge in [0, 0.05) is 5.92 Å². The summed E-state index contributed by atoms with van der Waals surface area (Å²) in [5.74, 6) is 0.297. The van der Waals surface area contributed by atoms with Crippen molar-refractivity contribution in [2.45, 2.75) is 31.8 Å². The molecular weight excluding hydrogens is 154 g/mol. The van der Waals surface area contributed by atoms with E-state index in [9.17, 15) is 5.11 Å². The van der Waals surface area contributed by atoms with Crippen LogP contribution in [0.25, 0.3) is 0 Å². The lowest BCUT2D eigenvalue weighted by atomic mass is 9.85. The highest BCUT2D eigenvalue weighted by Gasteiger charge is 2.40. The number of aliphatic hydroxyl groups is 1. The van der Waals surface area contributed by atoms with Gasteiger partial charge in [0.05, 0.1) is 18.8 Å². The maximum atomic E-state index is 10.1. The molecule has 0 bridgehead atoms. The molecule has 1 saturated heterocycles. The molecule has 1 heterocycles. The van der Waals surface area contributed by atoms with Crippen molar-refractivity contribution in [1.82, 2.24) is 0 Å². The van der Waals surface area contributed by atoms with Crippen molar-refractivity contribution in [1.29, 1.82) is 0 Å². The van der Waals surface area contributed by atoms with Crippen LogP contribution in [0.15, 0.2) is 0 Å². The molecule has 3 N–H and O–H groups in total. The maximum Gasteiger partial charge on any atom is 0.0941 e. The molecule has 3 heteroatoms. The highest BCUT2D eigenvalue weighted by molar-refractivity contribution is 4.90. The molecule has 0 spiro atoms. The van der Waals surface area contributed by atoms with Crippen molar-refractivity contribution < 1.29 is 9.84 Å². The minimum Gasteiger partial charge on any atom is -0.387 e. The van der Waals surface area contributed by atoms with Crippen LogP contribution in [0.2, 0.25) is 0 Å². The first-order valence-electron chi connectivity index (χ1n) is 4.73. The van der Waals surface area contributed by atoms with Gasteiger partial charge in [-0.3, -0.25) is 0 Å². The van der Waals surface area contributed by atoms with Crippen LogP contribution in [0.3, 0.4) is 0 Å². The Hall–Kier alpha value is -0.120. The third kappa shape index (κ3) is 1.97. The summed E-state index contributed by atoms with van der Waals surface area (Å²) in [6, 6.07) is 0. The van der Waals surface area contributed by atoms with Crippen LogP contribution in [0.4, 0.5) is 0 Å².